The Morgan fingerprint density at radius 1 is 0.875 bits per heavy atom. The molecule has 0 radical (unpaired) electrons. The number of esters is 1. The number of hydrogen-bond donors (Lipinski definition) is 1. The summed E-state index contributed by atoms with van der Waals surface area (Å²) in [5.41, 5.74) is 4.37. The molecule has 1 atom stereocenters. The van der Waals surface area contributed by atoms with E-state index in [1.54, 1.807) is 19.1 Å². The van der Waals surface area contributed by atoms with Gasteiger partial charge in [0, 0.05) is 11.3 Å². The molecule has 3 aromatic rings. The number of rotatable bonds is 9. The quantitative estimate of drug-likeness (QED) is 0.363. The van der Waals surface area contributed by atoms with Crippen LogP contribution >= 0.6 is 11.8 Å². The van der Waals surface area contributed by atoms with Crippen molar-refractivity contribution < 1.29 is 19.1 Å². The first kappa shape index (κ1) is 23.3. The van der Waals surface area contributed by atoms with E-state index in [0.717, 1.165) is 28.5 Å². The zero-order chi connectivity index (χ0) is 22.9. The normalized spacial score (nSPS) is 11.4. The van der Waals surface area contributed by atoms with Crippen molar-refractivity contribution in [2.75, 3.05) is 17.7 Å². The van der Waals surface area contributed by atoms with Crippen molar-refractivity contribution in [2.45, 2.75) is 19.1 Å². The van der Waals surface area contributed by atoms with E-state index in [1.807, 2.05) is 73.7 Å². The standard InChI is InChI=1S/C26H25NO4S/c1-18-8-14-23(15-9-18)27-25(29)17-32-19(2)26(30)31-16-24(28)22-12-10-21(11-13-22)20-6-4-3-5-7-20/h3-15,19H,16-17H2,1-2H3,(H,27,29)/t19-/m1/s1. The van der Waals surface area contributed by atoms with Crippen LogP contribution in [0.3, 0.4) is 0 Å². The van der Waals surface area contributed by atoms with Crippen molar-refractivity contribution in [3.8, 4) is 11.1 Å². The third-order valence-corrected chi connectivity index (χ3v) is 5.91. The zero-order valence-corrected chi connectivity index (χ0v) is 18.9. The van der Waals surface area contributed by atoms with Gasteiger partial charge in [-0.3, -0.25) is 14.4 Å². The van der Waals surface area contributed by atoms with Crippen LogP contribution in [0.2, 0.25) is 0 Å². The molecule has 0 aromatic heterocycles. The van der Waals surface area contributed by atoms with Crippen LogP contribution in [-0.4, -0.2) is 35.3 Å². The summed E-state index contributed by atoms with van der Waals surface area (Å²) in [6.45, 7) is 3.30. The predicted molar refractivity (Wildman–Crippen MR) is 129 cm³/mol. The molecule has 0 fully saturated rings. The second kappa shape index (κ2) is 11.3. The zero-order valence-electron chi connectivity index (χ0n) is 18.0. The van der Waals surface area contributed by atoms with Crippen LogP contribution in [0.1, 0.15) is 22.8 Å². The van der Waals surface area contributed by atoms with Crippen molar-refractivity contribution in [3.05, 3.63) is 90.0 Å². The highest BCUT2D eigenvalue weighted by Crippen LogP contribution is 2.20. The van der Waals surface area contributed by atoms with Gasteiger partial charge in [0.25, 0.3) is 0 Å². The number of nitrogens with one attached hydrogen (secondary N) is 1. The number of ether oxygens (including phenoxy) is 1. The lowest BCUT2D eigenvalue weighted by molar-refractivity contribution is -0.141. The van der Waals surface area contributed by atoms with Crippen molar-refractivity contribution in [2.24, 2.45) is 0 Å². The second-order valence-electron chi connectivity index (χ2n) is 7.34. The Kier molecular flexibility index (Phi) is 8.22. The fourth-order valence-electron chi connectivity index (χ4n) is 2.92. The molecule has 6 heteroatoms. The molecule has 32 heavy (non-hydrogen) atoms. The van der Waals surface area contributed by atoms with E-state index < -0.39 is 11.2 Å². The highest BCUT2D eigenvalue weighted by atomic mass is 32.2. The van der Waals surface area contributed by atoms with Crippen molar-refractivity contribution in [1.29, 1.82) is 0 Å². The minimum atomic E-state index is -0.563. The second-order valence-corrected chi connectivity index (χ2v) is 8.67. The van der Waals surface area contributed by atoms with Crippen molar-refractivity contribution >= 4 is 35.1 Å². The van der Waals surface area contributed by atoms with Gasteiger partial charge in [-0.05, 0) is 37.1 Å². The largest absolute Gasteiger partial charge is 0.456 e. The fraction of sp³-hybridized carbons (Fsp3) is 0.192. The molecule has 3 aromatic carbocycles. The molecule has 0 aliphatic rings. The molecular formula is C26H25NO4S. The third-order valence-electron chi connectivity index (χ3n) is 4.79. The average Bonchev–Trinajstić information content (AvgIpc) is 2.83. The minimum absolute atomic E-state index is 0.110. The first-order valence-corrected chi connectivity index (χ1v) is 11.3. The van der Waals surface area contributed by atoms with Gasteiger partial charge in [-0.1, -0.05) is 72.3 Å². The highest BCUT2D eigenvalue weighted by molar-refractivity contribution is 8.01. The van der Waals surface area contributed by atoms with Crippen LogP contribution in [-0.2, 0) is 14.3 Å². The maximum Gasteiger partial charge on any atom is 0.319 e. The summed E-state index contributed by atoms with van der Waals surface area (Å²) >= 11 is 1.16. The number of carbonyl (C=O) groups is 3. The van der Waals surface area contributed by atoms with Gasteiger partial charge < -0.3 is 10.1 Å². The molecule has 5 nitrogen and oxygen atoms in total. The maximum atomic E-state index is 12.4. The molecule has 0 aliphatic heterocycles. The Bertz CT molecular complexity index is 1060. The summed E-state index contributed by atoms with van der Waals surface area (Å²) in [5.74, 6) is -0.883. The average molecular weight is 448 g/mol. The maximum absolute atomic E-state index is 12.4. The SMILES string of the molecule is Cc1ccc(NC(=O)CS[C@H](C)C(=O)OCC(=O)c2ccc(-c3ccccc3)cc2)cc1. The Labute approximate surface area is 192 Å². The molecular weight excluding hydrogens is 422 g/mol. The van der Waals surface area contributed by atoms with Crippen LogP contribution < -0.4 is 5.32 Å². The summed E-state index contributed by atoms with van der Waals surface area (Å²) < 4.78 is 5.16. The molecule has 0 saturated carbocycles. The predicted octanol–water partition coefficient (Wildman–Crippen LogP) is 5.15. The molecule has 0 aliphatic carbocycles. The molecule has 1 N–H and O–H groups in total. The topological polar surface area (TPSA) is 72.5 Å². The van der Waals surface area contributed by atoms with Crippen LogP contribution in [0.4, 0.5) is 5.69 Å². The number of amides is 1. The monoisotopic (exact) mass is 447 g/mol. The van der Waals surface area contributed by atoms with E-state index >= 15 is 0 Å². The molecule has 0 saturated heterocycles. The molecule has 1 amide bonds. The Balaban J connectivity index is 1.42. The number of hydrogen-bond acceptors (Lipinski definition) is 5. The van der Waals surface area contributed by atoms with Gasteiger partial charge in [0.15, 0.2) is 12.4 Å². The lowest BCUT2D eigenvalue weighted by Gasteiger charge is -2.11. The summed E-state index contributed by atoms with van der Waals surface area (Å²) in [4.78, 5) is 36.6. The highest BCUT2D eigenvalue weighted by Gasteiger charge is 2.18. The van der Waals surface area contributed by atoms with E-state index in [-0.39, 0.29) is 24.1 Å². The van der Waals surface area contributed by atoms with Crippen LogP contribution in [0.15, 0.2) is 78.9 Å². The molecule has 3 rings (SSSR count). The molecule has 0 unspecified atom stereocenters. The number of aryl methyl sites for hydroxylation is 1. The number of anilines is 1. The fourth-order valence-corrected chi connectivity index (χ4v) is 3.60. The Morgan fingerprint density at radius 3 is 2.16 bits per heavy atom. The number of Topliss-reactive ketones (excluding diaryl/α,β-unsaturated/α-hetero) is 1. The molecule has 164 valence electrons. The summed E-state index contributed by atoms with van der Waals surface area (Å²) in [6.07, 6.45) is 0. The minimum Gasteiger partial charge on any atom is -0.456 e. The molecule has 0 bridgehead atoms. The molecule has 0 spiro atoms. The Morgan fingerprint density at radius 2 is 1.50 bits per heavy atom. The lowest BCUT2D eigenvalue weighted by atomic mass is 10.0. The van der Waals surface area contributed by atoms with Gasteiger partial charge in [0.05, 0.1) is 5.75 Å². The van der Waals surface area contributed by atoms with Gasteiger partial charge in [-0.15, -0.1) is 11.8 Å². The smallest absolute Gasteiger partial charge is 0.319 e. The number of carbonyl (C=O) groups excluding carboxylic acids is 3. The van der Waals surface area contributed by atoms with E-state index in [2.05, 4.69) is 5.32 Å². The van der Waals surface area contributed by atoms with Crippen LogP contribution in [0.25, 0.3) is 11.1 Å². The third kappa shape index (κ3) is 6.82. The van der Waals surface area contributed by atoms with Gasteiger partial charge in [0.2, 0.25) is 5.91 Å². The molecule has 0 heterocycles. The van der Waals surface area contributed by atoms with E-state index in [9.17, 15) is 14.4 Å². The van der Waals surface area contributed by atoms with Crippen molar-refractivity contribution in [1.82, 2.24) is 0 Å². The first-order chi connectivity index (χ1) is 15.4. The van der Waals surface area contributed by atoms with E-state index in [1.165, 1.54) is 0 Å². The van der Waals surface area contributed by atoms with Gasteiger partial charge in [-0.25, -0.2) is 0 Å². The van der Waals surface area contributed by atoms with Gasteiger partial charge in [0.1, 0.15) is 5.25 Å². The Hall–Kier alpha value is -3.38. The van der Waals surface area contributed by atoms with Crippen LogP contribution in [0, 0.1) is 6.92 Å². The lowest BCUT2D eigenvalue weighted by Crippen LogP contribution is -2.23. The summed E-state index contributed by atoms with van der Waals surface area (Å²) in [7, 11) is 0. The van der Waals surface area contributed by atoms with E-state index in [0.29, 0.717) is 11.3 Å². The summed E-state index contributed by atoms with van der Waals surface area (Å²) in [6, 6.07) is 24.5. The number of ketones is 1. The summed E-state index contributed by atoms with van der Waals surface area (Å²) in [5, 5.41) is 2.22. The van der Waals surface area contributed by atoms with Gasteiger partial charge in [-0.2, -0.15) is 0 Å². The van der Waals surface area contributed by atoms with Gasteiger partial charge >= 0.3 is 5.97 Å². The van der Waals surface area contributed by atoms with E-state index in [4.69, 9.17) is 4.74 Å². The first-order valence-electron chi connectivity index (χ1n) is 10.3. The van der Waals surface area contributed by atoms with Crippen molar-refractivity contribution in [3.63, 3.8) is 0 Å². The number of benzene rings is 3. The van der Waals surface area contributed by atoms with Crippen LogP contribution in [0.5, 0.6) is 0 Å². The number of thioether (sulfide) groups is 1.